The highest BCUT2D eigenvalue weighted by atomic mass is 16.5. The van der Waals surface area contributed by atoms with Crippen LogP contribution in [0.5, 0.6) is 0 Å². The van der Waals surface area contributed by atoms with Gasteiger partial charge in [0.2, 0.25) is 0 Å². The summed E-state index contributed by atoms with van der Waals surface area (Å²) in [5.74, 6) is 0.109. The van der Waals surface area contributed by atoms with E-state index in [-0.39, 0.29) is 5.84 Å². The van der Waals surface area contributed by atoms with Gasteiger partial charge in [0.1, 0.15) is 5.84 Å². The van der Waals surface area contributed by atoms with Gasteiger partial charge in [-0.05, 0) is 12.5 Å². The minimum Gasteiger partial charge on any atom is -0.384 e. The van der Waals surface area contributed by atoms with Crippen LogP contribution >= 0.6 is 0 Å². The van der Waals surface area contributed by atoms with Gasteiger partial charge in [0.15, 0.2) is 0 Å². The molecule has 2 saturated heterocycles. The van der Waals surface area contributed by atoms with Crippen LogP contribution in [-0.2, 0) is 4.74 Å². The van der Waals surface area contributed by atoms with Gasteiger partial charge in [0.05, 0.1) is 25.1 Å². The first-order valence-electron chi connectivity index (χ1n) is 7.11. The zero-order valence-corrected chi connectivity index (χ0v) is 11.6. The molecule has 108 valence electrons. The number of aromatic nitrogens is 1. The molecule has 6 nitrogen and oxygen atoms in total. The normalized spacial score (nSPS) is 24.0. The molecule has 1 atom stereocenters. The summed E-state index contributed by atoms with van der Waals surface area (Å²) in [5.41, 5.74) is 7.42. The zero-order chi connectivity index (χ0) is 13.9. The molecule has 0 saturated carbocycles. The van der Waals surface area contributed by atoms with Crippen LogP contribution in [0.3, 0.4) is 0 Å². The van der Waals surface area contributed by atoms with Crippen molar-refractivity contribution in [3.05, 3.63) is 24.0 Å². The Balaban J connectivity index is 1.72. The first kappa shape index (κ1) is 13.3. The number of anilines is 1. The Bertz CT molecular complexity index is 486. The Hall–Kier alpha value is -1.66. The standard InChI is InChI=1S/C14H21N5O/c15-14(16)12-1-3-17-9-13(12)19-4-2-11(10-19)18-5-7-20-8-6-18/h1,3,9,11H,2,4-8,10H2,(H3,15,16). The highest BCUT2D eigenvalue weighted by molar-refractivity contribution is 6.00. The molecule has 0 bridgehead atoms. The van der Waals surface area contributed by atoms with Crippen LogP contribution in [0.4, 0.5) is 5.69 Å². The first-order valence-corrected chi connectivity index (χ1v) is 7.11. The van der Waals surface area contributed by atoms with Gasteiger partial charge in [-0.15, -0.1) is 0 Å². The number of hydrogen-bond acceptors (Lipinski definition) is 5. The molecule has 0 amide bonds. The zero-order valence-electron chi connectivity index (χ0n) is 11.6. The molecule has 1 aromatic heterocycles. The lowest BCUT2D eigenvalue weighted by Gasteiger charge is -2.32. The molecule has 2 aliphatic heterocycles. The summed E-state index contributed by atoms with van der Waals surface area (Å²) in [6, 6.07) is 2.39. The number of nitrogens with one attached hydrogen (secondary N) is 1. The van der Waals surface area contributed by atoms with Gasteiger partial charge in [-0.1, -0.05) is 0 Å². The van der Waals surface area contributed by atoms with Gasteiger partial charge in [-0.3, -0.25) is 15.3 Å². The molecule has 3 rings (SSSR count). The minimum atomic E-state index is 0.109. The van der Waals surface area contributed by atoms with Crippen molar-refractivity contribution in [1.29, 1.82) is 5.41 Å². The number of ether oxygens (including phenoxy) is 1. The highest BCUT2D eigenvalue weighted by Crippen LogP contribution is 2.25. The summed E-state index contributed by atoms with van der Waals surface area (Å²) < 4.78 is 5.41. The van der Waals surface area contributed by atoms with E-state index in [2.05, 4.69) is 14.8 Å². The Morgan fingerprint density at radius 1 is 1.35 bits per heavy atom. The van der Waals surface area contributed by atoms with Crippen LogP contribution in [0.1, 0.15) is 12.0 Å². The lowest BCUT2D eigenvalue weighted by atomic mass is 10.2. The molecule has 0 aliphatic carbocycles. The fraction of sp³-hybridized carbons (Fsp3) is 0.571. The van der Waals surface area contributed by atoms with Crippen molar-refractivity contribution in [3.8, 4) is 0 Å². The molecular formula is C14H21N5O. The Kier molecular flexibility index (Phi) is 3.84. The number of nitrogens with zero attached hydrogens (tertiary/aromatic N) is 3. The van der Waals surface area contributed by atoms with Crippen molar-refractivity contribution in [3.63, 3.8) is 0 Å². The molecule has 0 aromatic carbocycles. The number of nitrogens with two attached hydrogens (primary N) is 1. The minimum absolute atomic E-state index is 0.109. The number of rotatable bonds is 3. The lowest BCUT2D eigenvalue weighted by molar-refractivity contribution is 0.0209. The largest absolute Gasteiger partial charge is 0.384 e. The predicted octanol–water partition coefficient (Wildman–Crippen LogP) is 0.277. The van der Waals surface area contributed by atoms with E-state index in [0.29, 0.717) is 6.04 Å². The van der Waals surface area contributed by atoms with Crippen LogP contribution < -0.4 is 10.6 Å². The lowest BCUT2D eigenvalue weighted by Crippen LogP contribution is -2.44. The molecular weight excluding hydrogens is 254 g/mol. The van der Waals surface area contributed by atoms with Gasteiger partial charge in [-0.2, -0.15) is 0 Å². The Morgan fingerprint density at radius 2 is 2.15 bits per heavy atom. The maximum absolute atomic E-state index is 7.68. The first-order chi connectivity index (χ1) is 9.75. The third-order valence-electron chi connectivity index (χ3n) is 4.16. The maximum Gasteiger partial charge on any atom is 0.125 e. The van der Waals surface area contributed by atoms with Crippen molar-refractivity contribution in [2.45, 2.75) is 12.5 Å². The van der Waals surface area contributed by atoms with Crippen LogP contribution in [-0.4, -0.2) is 61.2 Å². The fourth-order valence-corrected chi connectivity index (χ4v) is 3.07. The average Bonchev–Trinajstić information content (AvgIpc) is 2.98. The van der Waals surface area contributed by atoms with E-state index in [4.69, 9.17) is 15.9 Å². The van der Waals surface area contributed by atoms with Gasteiger partial charge in [0, 0.05) is 44.0 Å². The SMILES string of the molecule is N=C(N)c1ccncc1N1CCC(N2CCOCC2)C1. The van der Waals surface area contributed by atoms with Crippen molar-refractivity contribution >= 4 is 11.5 Å². The smallest absolute Gasteiger partial charge is 0.125 e. The van der Waals surface area contributed by atoms with Gasteiger partial charge >= 0.3 is 0 Å². The van der Waals surface area contributed by atoms with Crippen LogP contribution in [0, 0.1) is 5.41 Å². The monoisotopic (exact) mass is 275 g/mol. The van der Waals surface area contributed by atoms with Crippen LogP contribution in [0.15, 0.2) is 18.5 Å². The number of nitrogen functional groups attached to an aromatic ring is 1. The average molecular weight is 275 g/mol. The second-order valence-electron chi connectivity index (χ2n) is 5.34. The van der Waals surface area contributed by atoms with Crippen molar-refractivity contribution in [1.82, 2.24) is 9.88 Å². The topological polar surface area (TPSA) is 78.5 Å². The van der Waals surface area contributed by atoms with Crippen LogP contribution in [0.2, 0.25) is 0 Å². The summed E-state index contributed by atoms with van der Waals surface area (Å²) in [4.78, 5) is 8.99. The van der Waals surface area contributed by atoms with Crippen molar-refractivity contribution in [2.24, 2.45) is 5.73 Å². The Labute approximate surface area is 119 Å². The molecule has 0 radical (unpaired) electrons. The molecule has 2 aliphatic rings. The maximum atomic E-state index is 7.68. The van der Waals surface area contributed by atoms with E-state index in [9.17, 15) is 0 Å². The molecule has 20 heavy (non-hydrogen) atoms. The summed E-state index contributed by atoms with van der Waals surface area (Å²) in [6.07, 6.45) is 4.65. The summed E-state index contributed by atoms with van der Waals surface area (Å²) >= 11 is 0. The van der Waals surface area contributed by atoms with Crippen LogP contribution in [0.25, 0.3) is 0 Å². The molecule has 3 N–H and O–H groups in total. The highest BCUT2D eigenvalue weighted by Gasteiger charge is 2.29. The molecule has 0 spiro atoms. The molecule has 3 heterocycles. The molecule has 2 fully saturated rings. The van der Waals surface area contributed by atoms with E-state index < -0.39 is 0 Å². The fourth-order valence-electron chi connectivity index (χ4n) is 3.07. The number of hydrogen-bond donors (Lipinski definition) is 2. The van der Waals surface area contributed by atoms with E-state index in [1.165, 1.54) is 0 Å². The van der Waals surface area contributed by atoms with E-state index in [1.54, 1.807) is 6.20 Å². The van der Waals surface area contributed by atoms with E-state index in [1.807, 2.05) is 12.3 Å². The van der Waals surface area contributed by atoms with Gasteiger partial charge < -0.3 is 15.4 Å². The summed E-state index contributed by atoms with van der Waals surface area (Å²) in [7, 11) is 0. The third-order valence-corrected chi connectivity index (χ3v) is 4.16. The molecule has 1 aromatic rings. The quantitative estimate of drug-likeness (QED) is 0.612. The number of morpholine rings is 1. The number of amidine groups is 1. The molecule has 6 heteroatoms. The molecule has 1 unspecified atom stereocenters. The van der Waals surface area contributed by atoms with Crippen molar-refractivity contribution in [2.75, 3.05) is 44.3 Å². The van der Waals surface area contributed by atoms with E-state index in [0.717, 1.165) is 57.1 Å². The summed E-state index contributed by atoms with van der Waals surface area (Å²) in [5, 5.41) is 7.68. The summed E-state index contributed by atoms with van der Waals surface area (Å²) in [6.45, 7) is 5.68. The number of pyridine rings is 1. The van der Waals surface area contributed by atoms with E-state index >= 15 is 0 Å². The third kappa shape index (κ3) is 2.62. The second-order valence-corrected chi connectivity index (χ2v) is 5.34. The van der Waals surface area contributed by atoms with Gasteiger partial charge in [0.25, 0.3) is 0 Å². The predicted molar refractivity (Wildman–Crippen MR) is 78.3 cm³/mol. The Morgan fingerprint density at radius 3 is 2.90 bits per heavy atom. The van der Waals surface area contributed by atoms with Crippen molar-refractivity contribution < 1.29 is 4.74 Å². The van der Waals surface area contributed by atoms with Gasteiger partial charge in [-0.25, -0.2) is 0 Å². The second kappa shape index (κ2) is 5.76.